The number of H-pyrrole nitrogens is 1. The van der Waals surface area contributed by atoms with Gasteiger partial charge >= 0.3 is 0 Å². The first-order chi connectivity index (χ1) is 8.65. The van der Waals surface area contributed by atoms with Crippen LogP contribution in [-0.2, 0) is 0 Å². The van der Waals surface area contributed by atoms with E-state index in [0.29, 0.717) is 13.1 Å². The van der Waals surface area contributed by atoms with E-state index < -0.39 is 0 Å². The molecule has 6 heteroatoms. The molecule has 0 aromatic carbocycles. The van der Waals surface area contributed by atoms with Crippen molar-refractivity contribution in [2.75, 3.05) is 13.1 Å². The monoisotopic (exact) mass is 250 g/mol. The molecule has 1 fully saturated rings. The molecule has 0 aliphatic heterocycles. The van der Waals surface area contributed by atoms with Gasteiger partial charge in [-0.1, -0.05) is 12.8 Å². The lowest BCUT2D eigenvalue weighted by molar-refractivity contribution is 0.0926. The number of carbonyl (C=O) groups is 1. The fourth-order valence-corrected chi connectivity index (χ4v) is 2.41. The fourth-order valence-electron chi connectivity index (χ4n) is 2.41. The summed E-state index contributed by atoms with van der Waals surface area (Å²) < 4.78 is 0. The minimum Gasteiger partial charge on any atom is -0.350 e. The Kier molecular flexibility index (Phi) is 3.76. The van der Waals surface area contributed by atoms with Gasteiger partial charge in [0.1, 0.15) is 5.69 Å². The first kappa shape index (κ1) is 12.8. The van der Waals surface area contributed by atoms with Crippen LogP contribution < -0.4 is 16.6 Å². The third-order valence-electron chi connectivity index (χ3n) is 3.63. The van der Waals surface area contributed by atoms with Crippen molar-refractivity contribution in [3.8, 4) is 0 Å². The number of nitrogens with one attached hydrogen (secondary N) is 2. The van der Waals surface area contributed by atoms with Crippen LogP contribution in [0.4, 0.5) is 0 Å². The van der Waals surface area contributed by atoms with Gasteiger partial charge in [-0.25, -0.2) is 5.10 Å². The number of aromatic nitrogens is 2. The van der Waals surface area contributed by atoms with E-state index in [2.05, 4.69) is 15.5 Å². The predicted octanol–water partition coefficient (Wildman–Crippen LogP) is 0.0188. The lowest BCUT2D eigenvalue weighted by Gasteiger charge is -2.27. The van der Waals surface area contributed by atoms with Gasteiger partial charge in [0.15, 0.2) is 0 Å². The smallest absolute Gasteiger partial charge is 0.271 e. The van der Waals surface area contributed by atoms with Gasteiger partial charge in [-0.15, -0.1) is 0 Å². The molecule has 0 radical (unpaired) electrons. The molecule has 0 bridgehead atoms. The molecule has 98 valence electrons. The van der Waals surface area contributed by atoms with Crippen LogP contribution in [0.3, 0.4) is 0 Å². The quantitative estimate of drug-likeness (QED) is 0.701. The fraction of sp³-hybridized carbons (Fsp3) is 0.583. The van der Waals surface area contributed by atoms with Gasteiger partial charge < -0.3 is 11.1 Å². The Hall–Kier alpha value is -1.69. The van der Waals surface area contributed by atoms with Crippen molar-refractivity contribution in [1.29, 1.82) is 0 Å². The van der Waals surface area contributed by atoms with E-state index in [0.717, 1.165) is 12.8 Å². The molecule has 1 aromatic rings. The van der Waals surface area contributed by atoms with E-state index >= 15 is 0 Å². The highest BCUT2D eigenvalue weighted by molar-refractivity contribution is 5.91. The highest BCUT2D eigenvalue weighted by Crippen LogP contribution is 2.36. The largest absolute Gasteiger partial charge is 0.350 e. The number of hydrogen-bond acceptors (Lipinski definition) is 4. The maximum Gasteiger partial charge on any atom is 0.271 e. The van der Waals surface area contributed by atoms with Crippen LogP contribution >= 0.6 is 0 Å². The number of nitrogens with zero attached hydrogens (tertiary/aromatic N) is 1. The molecule has 1 aromatic heterocycles. The van der Waals surface area contributed by atoms with Crippen LogP contribution in [-0.4, -0.2) is 29.2 Å². The predicted molar refractivity (Wildman–Crippen MR) is 67.1 cm³/mol. The topological polar surface area (TPSA) is 101 Å². The molecule has 0 spiro atoms. The minimum absolute atomic E-state index is 0.0395. The Morgan fingerprint density at radius 3 is 2.72 bits per heavy atom. The Morgan fingerprint density at radius 2 is 2.17 bits per heavy atom. The first-order valence-corrected chi connectivity index (χ1v) is 6.19. The van der Waals surface area contributed by atoms with Gasteiger partial charge in [0.05, 0.1) is 0 Å². The lowest BCUT2D eigenvalue weighted by Crippen LogP contribution is -2.41. The summed E-state index contributed by atoms with van der Waals surface area (Å²) >= 11 is 0. The Morgan fingerprint density at radius 1 is 1.44 bits per heavy atom. The number of aromatic amines is 1. The average Bonchev–Trinajstić information content (AvgIpc) is 2.86. The maximum atomic E-state index is 11.8. The zero-order chi connectivity index (χ0) is 13.0. The van der Waals surface area contributed by atoms with Crippen LogP contribution in [0.25, 0.3) is 0 Å². The molecule has 1 aliphatic carbocycles. The van der Waals surface area contributed by atoms with E-state index in [-0.39, 0.29) is 22.6 Å². The SMILES string of the molecule is NCC1(CNC(=O)c2ccc(=O)[nH]n2)CCCC1. The number of hydrogen-bond donors (Lipinski definition) is 3. The van der Waals surface area contributed by atoms with Crippen LogP contribution in [0.1, 0.15) is 36.2 Å². The van der Waals surface area contributed by atoms with Crippen molar-refractivity contribution in [2.24, 2.45) is 11.1 Å². The van der Waals surface area contributed by atoms with Crippen LogP contribution in [0, 0.1) is 5.41 Å². The summed E-state index contributed by atoms with van der Waals surface area (Å²) in [5.41, 5.74) is 5.74. The van der Waals surface area contributed by atoms with Gasteiger partial charge in [0.25, 0.3) is 11.5 Å². The Labute approximate surface area is 105 Å². The first-order valence-electron chi connectivity index (χ1n) is 6.19. The van der Waals surface area contributed by atoms with E-state index in [1.165, 1.54) is 25.0 Å². The highest BCUT2D eigenvalue weighted by Gasteiger charge is 2.32. The van der Waals surface area contributed by atoms with Crippen molar-refractivity contribution >= 4 is 5.91 Å². The second kappa shape index (κ2) is 5.30. The number of rotatable bonds is 4. The lowest BCUT2D eigenvalue weighted by atomic mass is 9.86. The molecule has 1 heterocycles. The summed E-state index contributed by atoms with van der Waals surface area (Å²) in [5, 5.41) is 8.78. The Bertz CT molecular complexity index is 457. The zero-order valence-corrected chi connectivity index (χ0v) is 10.2. The second-order valence-electron chi connectivity index (χ2n) is 4.90. The maximum absolute atomic E-state index is 11.8. The molecule has 0 atom stereocenters. The van der Waals surface area contributed by atoms with Gasteiger partial charge in [0, 0.05) is 12.6 Å². The van der Waals surface area contributed by atoms with E-state index in [4.69, 9.17) is 5.73 Å². The molecule has 18 heavy (non-hydrogen) atoms. The van der Waals surface area contributed by atoms with Crippen molar-refractivity contribution in [3.63, 3.8) is 0 Å². The molecule has 0 unspecified atom stereocenters. The molecule has 1 saturated carbocycles. The number of carbonyl (C=O) groups excluding carboxylic acids is 1. The normalized spacial score (nSPS) is 17.6. The van der Waals surface area contributed by atoms with Gasteiger partial charge in [0.2, 0.25) is 0 Å². The van der Waals surface area contributed by atoms with Gasteiger partial charge in [-0.05, 0) is 30.9 Å². The van der Waals surface area contributed by atoms with Crippen LogP contribution in [0.15, 0.2) is 16.9 Å². The molecule has 1 amide bonds. The van der Waals surface area contributed by atoms with Gasteiger partial charge in [-0.3, -0.25) is 9.59 Å². The van der Waals surface area contributed by atoms with E-state index in [9.17, 15) is 9.59 Å². The standard InChI is InChI=1S/C12H18N4O2/c13-7-12(5-1-2-6-12)8-14-11(18)9-3-4-10(17)16-15-9/h3-4H,1-2,5-8,13H2,(H,14,18)(H,16,17). The molecular weight excluding hydrogens is 232 g/mol. The van der Waals surface area contributed by atoms with E-state index in [1.807, 2.05) is 0 Å². The average molecular weight is 250 g/mol. The van der Waals surface area contributed by atoms with Gasteiger partial charge in [-0.2, -0.15) is 5.10 Å². The molecule has 1 aliphatic rings. The minimum atomic E-state index is -0.319. The third-order valence-corrected chi connectivity index (χ3v) is 3.63. The molecule has 6 nitrogen and oxygen atoms in total. The van der Waals surface area contributed by atoms with Crippen molar-refractivity contribution < 1.29 is 4.79 Å². The number of nitrogens with two attached hydrogens (primary N) is 1. The summed E-state index contributed by atoms with van der Waals surface area (Å²) in [6.45, 7) is 1.16. The van der Waals surface area contributed by atoms with Crippen LogP contribution in [0.2, 0.25) is 0 Å². The summed E-state index contributed by atoms with van der Waals surface area (Å²) in [5.74, 6) is -0.272. The Balaban J connectivity index is 1.95. The molecule has 0 saturated heterocycles. The molecule has 2 rings (SSSR count). The van der Waals surface area contributed by atoms with Crippen LogP contribution in [0.5, 0.6) is 0 Å². The molecular formula is C12H18N4O2. The van der Waals surface area contributed by atoms with Crippen molar-refractivity contribution in [2.45, 2.75) is 25.7 Å². The molecule has 4 N–H and O–H groups in total. The zero-order valence-electron chi connectivity index (χ0n) is 10.2. The highest BCUT2D eigenvalue weighted by atomic mass is 16.2. The summed E-state index contributed by atoms with van der Waals surface area (Å²) in [7, 11) is 0. The number of amides is 1. The summed E-state index contributed by atoms with van der Waals surface area (Å²) in [4.78, 5) is 22.7. The summed E-state index contributed by atoms with van der Waals surface area (Å²) in [6.07, 6.45) is 4.46. The third kappa shape index (κ3) is 2.76. The summed E-state index contributed by atoms with van der Waals surface area (Å²) in [6, 6.07) is 2.70. The second-order valence-corrected chi connectivity index (χ2v) is 4.90. The van der Waals surface area contributed by atoms with E-state index in [1.54, 1.807) is 0 Å². The van der Waals surface area contributed by atoms with Crippen molar-refractivity contribution in [1.82, 2.24) is 15.5 Å². The van der Waals surface area contributed by atoms with Crippen molar-refractivity contribution in [3.05, 3.63) is 28.2 Å².